The molecule has 0 radical (unpaired) electrons. The third-order valence-electron chi connectivity index (χ3n) is 6.42. The van der Waals surface area contributed by atoms with Crippen molar-refractivity contribution >= 4 is 5.91 Å². The van der Waals surface area contributed by atoms with Crippen LogP contribution in [0.5, 0.6) is 0 Å². The maximum atomic E-state index is 13.6. The molecule has 0 unspecified atom stereocenters. The van der Waals surface area contributed by atoms with Crippen molar-refractivity contribution in [1.82, 2.24) is 9.80 Å². The lowest BCUT2D eigenvalue weighted by Crippen LogP contribution is -2.41. The van der Waals surface area contributed by atoms with Crippen LogP contribution in [0, 0.1) is 6.92 Å². The van der Waals surface area contributed by atoms with Crippen LogP contribution in [0.4, 0.5) is 0 Å². The van der Waals surface area contributed by atoms with Crippen LogP contribution < -0.4 is 0 Å². The molecule has 4 heteroatoms. The zero-order valence-corrected chi connectivity index (χ0v) is 22.2. The molecule has 1 heterocycles. The van der Waals surface area contributed by atoms with Crippen molar-refractivity contribution in [3.63, 3.8) is 0 Å². The molecule has 0 saturated heterocycles. The summed E-state index contributed by atoms with van der Waals surface area (Å²) in [6.07, 6.45) is 3.02. The molecule has 0 aliphatic carbocycles. The van der Waals surface area contributed by atoms with Gasteiger partial charge in [-0.2, -0.15) is 0 Å². The zero-order valence-electron chi connectivity index (χ0n) is 22.2. The van der Waals surface area contributed by atoms with Crippen molar-refractivity contribution in [3.05, 3.63) is 94.9 Å². The van der Waals surface area contributed by atoms with Gasteiger partial charge in [-0.25, -0.2) is 0 Å². The lowest BCUT2D eigenvalue weighted by atomic mass is 9.87. The van der Waals surface area contributed by atoms with Crippen molar-refractivity contribution in [2.75, 3.05) is 19.6 Å². The highest BCUT2D eigenvalue weighted by Crippen LogP contribution is 2.22. The number of benzene rings is 2. The van der Waals surface area contributed by atoms with Gasteiger partial charge in [-0.1, -0.05) is 88.7 Å². The molecule has 0 aliphatic heterocycles. The van der Waals surface area contributed by atoms with E-state index in [2.05, 4.69) is 81.1 Å². The van der Waals surface area contributed by atoms with E-state index >= 15 is 0 Å². The van der Waals surface area contributed by atoms with Crippen molar-refractivity contribution in [2.45, 2.75) is 72.4 Å². The number of amides is 1. The number of carbonyl (C=O) groups is 1. The first-order valence-electron chi connectivity index (χ1n) is 12.9. The van der Waals surface area contributed by atoms with Crippen LogP contribution in [0.1, 0.15) is 68.7 Å². The SMILES string of the molecule is CCCCN(CC(=O)N(CCc1ccccc1)Cc1ccc(C)o1)Cc1ccc(C(C)(C)C)cc1. The minimum absolute atomic E-state index is 0.139. The lowest BCUT2D eigenvalue weighted by molar-refractivity contribution is -0.133. The van der Waals surface area contributed by atoms with Gasteiger partial charge in [0.2, 0.25) is 5.91 Å². The summed E-state index contributed by atoms with van der Waals surface area (Å²) in [6.45, 7) is 14.1. The molecular weight excluding hydrogens is 432 g/mol. The average Bonchev–Trinajstić information content (AvgIpc) is 3.25. The van der Waals surface area contributed by atoms with Gasteiger partial charge in [-0.05, 0) is 60.5 Å². The monoisotopic (exact) mass is 474 g/mol. The van der Waals surface area contributed by atoms with E-state index in [1.165, 1.54) is 16.7 Å². The van der Waals surface area contributed by atoms with Crippen LogP contribution in [0.25, 0.3) is 0 Å². The van der Waals surface area contributed by atoms with E-state index < -0.39 is 0 Å². The number of hydrogen-bond acceptors (Lipinski definition) is 3. The van der Waals surface area contributed by atoms with Crippen molar-refractivity contribution in [3.8, 4) is 0 Å². The Morgan fingerprint density at radius 3 is 2.17 bits per heavy atom. The predicted molar refractivity (Wildman–Crippen MR) is 144 cm³/mol. The molecule has 0 atom stereocenters. The van der Waals surface area contributed by atoms with E-state index in [1.807, 2.05) is 30.0 Å². The molecule has 1 amide bonds. The second-order valence-electron chi connectivity index (χ2n) is 10.6. The molecule has 1 aromatic heterocycles. The predicted octanol–water partition coefficient (Wildman–Crippen LogP) is 6.76. The number of furan rings is 1. The fraction of sp³-hybridized carbons (Fsp3) is 0.452. The van der Waals surface area contributed by atoms with Gasteiger partial charge in [0.05, 0.1) is 13.1 Å². The minimum atomic E-state index is 0.139. The van der Waals surface area contributed by atoms with Crippen molar-refractivity contribution < 1.29 is 9.21 Å². The van der Waals surface area contributed by atoms with Gasteiger partial charge < -0.3 is 9.32 Å². The Morgan fingerprint density at radius 1 is 0.857 bits per heavy atom. The molecule has 0 spiro atoms. The molecule has 35 heavy (non-hydrogen) atoms. The van der Waals surface area contributed by atoms with E-state index in [9.17, 15) is 4.79 Å². The first-order chi connectivity index (χ1) is 16.7. The van der Waals surface area contributed by atoms with Gasteiger partial charge in [0.25, 0.3) is 0 Å². The second-order valence-corrected chi connectivity index (χ2v) is 10.6. The van der Waals surface area contributed by atoms with Crippen LogP contribution in [0.3, 0.4) is 0 Å². The zero-order chi connectivity index (χ0) is 25.3. The van der Waals surface area contributed by atoms with Gasteiger partial charge in [-0.3, -0.25) is 9.69 Å². The Hall–Kier alpha value is -2.85. The van der Waals surface area contributed by atoms with Crippen molar-refractivity contribution in [1.29, 1.82) is 0 Å². The Balaban J connectivity index is 1.70. The number of hydrogen-bond donors (Lipinski definition) is 0. The number of carbonyl (C=O) groups excluding carboxylic acids is 1. The van der Waals surface area contributed by atoms with Crippen LogP contribution in [-0.2, 0) is 29.7 Å². The van der Waals surface area contributed by atoms with Crippen LogP contribution in [-0.4, -0.2) is 35.3 Å². The summed E-state index contributed by atoms with van der Waals surface area (Å²) in [6, 6.07) is 23.2. The normalized spacial score (nSPS) is 11.7. The highest BCUT2D eigenvalue weighted by molar-refractivity contribution is 5.78. The maximum absolute atomic E-state index is 13.6. The minimum Gasteiger partial charge on any atom is -0.464 e. The quantitative estimate of drug-likeness (QED) is 0.291. The molecule has 0 N–H and O–H groups in total. The fourth-order valence-electron chi connectivity index (χ4n) is 4.21. The highest BCUT2D eigenvalue weighted by Gasteiger charge is 2.20. The Kier molecular flexibility index (Phi) is 9.73. The maximum Gasteiger partial charge on any atom is 0.237 e. The van der Waals surface area contributed by atoms with Crippen LogP contribution in [0.2, 0.25) is 0 Å². The molecule has 0 fully saturated rings. The van der Waals surface area contributed by atoms with Gasteiger partial charge >= 0.3 is 0 Å². The molecule has 3 rings (SSSR count). The Morgan fingerprint density at radius 2 is 1.57 bits per heavy atom. The van der Waals surface area contributed by atoms with Crippen LogP contribution >= 0.6 is 0 Å². The van der Waals surface area contributed by atoms with E-state index in [0.717, 1.165) is 43.9 Å². The van der Waals surface area contributed by atoms with Gasteiger partial charge in [0.1, 0.15) is 11.5 Å². The van der Waals surface area contributed by atoms with E-state index in [1.54, 1.807) is 0 Å². The van der Waals surface area contributed by atoms with Gasteiger partial charge in [0.15, 0.2) is 0 Å². The summed E-state index contributed by atoms with van der Waals surface area (Å²) >= 11 is 0. The van der Waals surface area contributed by atoms with Gasteiger partial charge in [0, 0.05) is 13.1 Å². The Bertz CT molecular complexity index is 1030. The standard InChI is InChI=1S/C31H42N2O2/c1-6-7-20-32(22-27-14-16-28(17-15-27)31(3,4)5)24-30(34)33(23-29-18-13-25(2)35-29)21-19-26-11-9-8-10-12-26/h8-18H,6-7,19-24H2,1-5H3. The second kappa shape index (κ2) is 12.7. The largest absolute Gasteiger partial charge is 0.464 e. The number of rotatable bonds is 12. The molecular formula is C31H42N2O2. The molecule has 0 bridgehead atoms. The number of unbranched alkanes of at least 4 members (excludes halogenated alkanes) is 1. The molecule has 4 nitrogen and oxygen atoms in total. The molecule has 0 saturated carbocycles. The smallest absolute Gasteiger partial charge is 0.237 e. The summed E-state index contributed by atoms with van der Waals surface area (Å²) in [7, 11) is 0. The van der Waals surface area contributed by atoms with Crippen LogP contribution in [0.15, 0.2) is 71.1 Å². The van der Waals surface area contributed by atoms with Gasteiger partial charge in [-0.15, -0.1) is 0 Å². The van der Waals surface area contributed by atoms with E-state index in [4.69, 9.17) is 4.42 Å². The summed E-state index contributed by atoms with van der Waals surface area (Å²) in [4.78, 5) is 17.8. The molecule has 0 aliphatic rings. The summed E-state index contributed by atoms with van der Waals surface area (Å²) < 4.78 is 5.81. The molecule has 188 valence electrons. The third kappa shape index (κ3) is 8.70. The first-order valence-corrected chi connectivity index (χ1v) is 12.9. The Labute approximate surface area is 211 Å². The van der Waals surface area contributed by atoms with E-state index in [0.29, 0.717) is 19.6 Å². The lowest BCUT2D eigenvalue weighted by Gasteiger charge is -2.27. The topological polar surface area (TPSA) is 36.7 Å². The molecule has 3 aromatic rings. The van der Waals surface area contributed by atoms with Crippen molar-refractivity contribution in [2.24, 2.45) is 0 Å². The fourth-order valence-corrected chi connectivity index (χ4v) is 4.21. The molecule has 2 aromatic carbocycles. The average molecular weight is 475 g/mol. The summed E-state index contributed by atoms with van der Waals surface area (Å²) in [5.41, 5.74) is 3.96. The van der Waals surface area contributed by atoms with E-state index in [-0.39, 0.29) is 11.3 Å². The third-order valence-corrected chi connectivity index (χ3v) is 6.42. The number of aryl methyl sites for hydroxylation is 1. The summed E-state index contributed by atoms with van der Waals surface area (Å²) in [5.74, 6) is 1.86. The summed E-state index contributed by atoms with van der Waals surface area (Å²) in [5, 5.41) is 0. The highest BCUT2D eigenvalue weighted by atomic mass is 16.3. The first kappa shape index (κ1) is 26.7. The number of nitrogens with zero attached hydrogens (tertiary/aromatic N) is 2.